The van der Waals surface area contributed by atoms with Crippen molar-refractivity contribution in [3.05, 3.63) is 16.1 Å². The molecule has 0 saturated carbocycles. The van der Waals surface area contributed by atoms with Crippen molar-refractivity contribution in [1.82, 2.24) is 4.90 Å². The summed E-state index contributed by atoms with van der Waals surface area (Å²) in [5, 5.41) is 0. The molecule has 178 valence electrons. The van der Waals surface area contributed by atoms with Crippen LogP contribution in [-0.4, -0.2) is 23.9 Å². The molecule has 1 aliphatic rings. The predicted molar refractivity (Wildman–Crippen MR) is 134 cm³/mol. The van der Waals surface area contributed by atoms with E-state index in [0.29, 0.717) is 12.5 Å². The van der Waals surface area contributed by atoms with Gasteiger partial charge in [-0.3, -0.25) is 4.79 Å². The maximum absolute atomic E-state index is 13.0. The van der Waals surface area contributed by atoms with Gasteiger partial charge in [0.05, 0.1) is 4.88 Å². The topological polar surface area (TPSA) is 24.2 Å². The largest absolute Gasteiger partial charge is 0.337 e. The van der Waals surface area contributed by atoms with E-state index in [1.165, 1.54) is 115 Å². The van der Waals surface area contributed by atoms with E-state index in [1.54, 1.807) is 4.88 Å². The normalized spacial score (nSPS) is 14.7. The second-order valence-corrected chi connectivity index (χ2v) is 10.5. The Bertz CT molecular complexity index is 590. The molecule has 1 fully saturated rings. The molecular formula is C27H49N2OS+. The maximum Gasteiger partial charge on any atom is 0.288 e. The molecule has 0 bridgehead atoms. The number of aryl methyl sites for hydroxylation is 1. The SMILES string of the molecule is CCCCCCCCc1sc[n+](CC(=O)N2CCCCCC2)c1CCCCCCCC. The Hall–Kier alpha value is -0.900. The summed E-state index contributed by atoms with van der Waals surface area (Å²) >= 11 is 1.90. The highest BCUT2D eigenvalue weighted by atomic mass is 32.1. The van der Waals surface area contributed by atoms with Crippen molar-refractivity contribution in [2.75, 3.05) is 13.1 Å². The number of amides is 1. The van der Waals surface area contributed by atoms with Crippen molar-refractivity contribution in [1.29, 1.82) is 0 Å². The van der Waals surface area contributed by atoms with E-state index in [9.17, 15) is 4.79 Å². The van der Waals surface area contributed by atoms with Crippen molar-refractivity contribution in [3.63, 3.8) is 0 Å². The molecule has 0 aromatic carbocycles. The zero-order chi connectivity index (χ0) is 22.2. The van der Waals surface area contributed by atoms with Crippen LogP contribution >= 0.6 is 11.3 Å². The second kappa shape index (κ2) is 16.7. The highest BCUT2D eigenvalue weighted by Crippen LogP contribution is 2.20. The van der Waals surface area contributed by atoms with E-state index in [-0.39, 0.29) is 0 Å². The van der Waals surface area contributed by atoms with Crippen LogP contribution in [0.5, 0.6) is 0 Å². The number of aromatic nitrogens is 1. The summed E-state index contributed by atoms with van der Waals surface area (Å²) in [6.45, 7) is 7.04. The lowest BCUT2D eigenvalue weighted by Gasteiger charge is -2.18. The molecule has 0 spiro atoms. The van der Waals surface area contributed by atoms with Crippen molar-refractivity contribution in [2.24, 2.45) is 0 Å². The average molecular weight is 450 g/mol. The third-order valence-corrected chi connectivity index (χ3v) is 7.86. The highest BCUT2D eigenvalue weighted by Gasteiger charge is 2.25. The Morgan fingerprint density at radius 2 is 1.35 bits per heavy atom. The molecule has 31 heavy (non-hydrogen) atoms. The molecular weight excluding hydrogens is 400 g/mol. The molecule has 2 rings (SSSR count). The van der Waals surface area contributed by atoms with Gasteiger partial charge in [-0.25, -0.2) is 0 Å². The van der Waals surface area contributed by atoms with Gasteiger partial charge in [0.1, 0.15) is 0 Å². The monoisotopic (exact) mass is 449 g/mol. The lowest BCUT2D eigenvalue weighted by atomic mass is 10.0. The zero-order valence-electron chi connectivity index (χ0n) is 20.6. The van der Waals surface area contributed by atoms with E-state index in [0.717, 1.165) is 19.5 Å². The van der Waals surface area contributed by atoms with Crippen LogP contribution in [0.2, 0.25) is 0 Å². The van der Waals surface area contributed by atoms with E-state index < -0.39 is 0 Å². The Labute approximate surface area is 196 Å². The van der Waals surface area contributed by atoms with Crippen LogP contribution in [0, 0.1) is 0 Å². The number of hydrogen-bond donors (Lipinski definition) is 0. The van der Waals surface area contributed by atoms with Crippen molar-refractivity contribution < 1.29 is 9.36 Å². The van der Waals surface area contributed by atoms with E-state index >= 15 is 0 Å². The number of unbranched alkanes of at least 4 members (excludes halogenated alkanes) is 10. The minimum Gasteiger partial charge on any atom is -0.337 e. The summed E-state index contributed by atoms with van der Waals surface area (Å²) in [5.41, 5.74) is 3.71. The van der Waals surface area contributed by atoms with Gasteiger partial charge in [0.25, 0.3) is 5.91 Å². The molecule has 0 radical (unpaired) electrons. The number of thiazole rings is 1. The number of nitrogens with zero attached hydrogens (tertiary/aromatic N) is 2. The first-order chi connectivity index (χ1) is 15.3. The van der Waals surface area contributed by atoms with Crippen molar-refractivity contribution in [2.45, 2.75) is 136 Å². The van der Waals surface area contributed by atoms with Crippen LogP contribution in [0.25, 0.3) is 0 Å². The van der Waals surface area contributed by atoms with Crippen LogP contribution < -0.4 is 4.57 Å². The first kappa shape index (κ1) is 26.4. The lowest BCUT2D eigenvalue weighted by Crippen LogP contribution is -2.46. The van der Waals surface area contributed by atoms with E-state index in [4.69, 9.17) is 0 Å². The summed E-state index contributed by atoms with van der Waals surface area (Å²) in [6, 6.07) is 0. The fraction of sp³-hybridized carbons (Fsp3) is 0.852. The van der Waals surface area contributed by atoms with Crippen LogP contribution in [0.4, 0.5) is 0 Å². The number of hydrogen-bond acceptors (Lipinski definition) is 2. The van der Waals surface area contributed by atoms with Gasteiger partial charge in [-0.2, -0.15) is 4.57 Å². The fourth-order valence-electron chi connectivity index (χ4n) is 4.74. The van der Waals surface area contributed by atoms with E-state index in [1.807, 2.05) is 11.3 Å². The van der Waals surface area contributed by atoms with Crippen LogP contribution in [0.3, 0.4) is 0 Å². The van der Waals surface area contributed by atoms with Crippen LogP contribution in [-0.2, 0) is 24.2 Å². The Kier molecular flexibility index (Phi) is 14.2. The third-order valence-electron chi connectivity index (χ3n) is 6.78. The first-order valence-electron chi connectivity index (χ1n) is 13.5. The molecule has 4 heteroatoms. The van der Waals surface area contributed by atoms with Gasteiger partial charge in [0.2, 0.25) is 12.1 Å². The van der Waals surface area contributed by atoms with Gasteiger partial charge in [-0.1, -0.05) is 102 Å². The molecule has 1 saturated heterocycles. The summed E-state index contributed by atoms with van der Waals surface area (Å²) < 4.78 is 2.32. The van der Waals surface area contributed by atoms with Gasteiger partial charge in [0, 0.05) is 19.5 Å². The van der Waals surface area contributed by atoms with Crippen molar-refractivity contribution in [3.8, 4) is 0 Å². The molecule has 0 unspecified atom stereocenters. The summed E-state index contributed by atoms with van der Waals surface area (Å²) in [5.74, 6) is 0.333. The average Bonchev–Trinajstić information content (AvgIpc) is 2.97. The number of carbonyl (C=O) groups is 1. The number of rotatable bonds is 16. The van der Waals surface area contributed by atoms with Gasteiger partial charge in [0.15, 0.2) is 5.69 Å². The second-order valence-electron chi connectivity index (χ2n) is 9.55. The number of carbonyl (C=O) groups excluding carboxylic acids is 1. The minimum absolute atomic E-state index is 0.333. The standard InChI is InChI=1S/C27H49N2OS/c1-3-5-7-9-11-15-19-25-26(20-16-12-10-8-6-4-2)31-24-29(25)23-27(30)28-21-17-13-14-18-22-28/h24H,3-23H2,1-2H3/q+1. The minimum atomic E-state index is 0.333. The smallest absolute Gasteiger partial charge is 0.288 e. The summed E-state index contributed by atoms with van der Waals surface area (Å²) in [6.07, 6.45) is 23.4. The quantitative estimate of drug-likeness (QED) is 0.193. The predicted octanol–water partition coefficient (Wildman–Crippen LogP) is 7.24. The fourth-order valence-corrected chi connectivity index (χ4v) is 5.82. The Balaban J connectivity index is 1.91. The lowest BCUT2D eigenvalue weighted by molar-refractivity contribution is -0.688. The maximum atomic E-state index is 13.0. The van der Waals surface area contributed by atoms with Gasteiger partial charge in [-0.15, -0.1) is 0 Å². The van der Waals surface area contributed by atoms with Crippen molar-refractivity contribution >= 4 is 17.2 Å². The van der Waals surface area contributed by atoms with Crippen LogP contribution in [0.15, 0.2) is 5.51 Å². The van der Waals surface area contributed by atoms with Crippen LogP contribution in [0.1, 0.15) is 127 Å². The molecule has 1 aliphatic heterocycles. The highest BCUT2D eigenvalue weighted by molar-refractivity contribution is 7.09. The molecule has 0 aliphatic carbocycles. The Morgan fingerprint density at radius 3 is 1.97 bits per heavy atom. The molecule has 3 nitrogen and oxygen atoms in total. The molecule has 1 aromatic rings. The molecule has 0 N–H and O–H groups in total. The first-order valence-corrected chi connectivity index (χ1v) is 14.4. The molecule has 0 atom stereocenters. The molecule has 2 heterocycles. The molecule has 1 aromatic heterocycles. The van der Waals surface area contributed by atoms with E-state index in [2.05, 4.69) is 28.8 Å². The van der Waals surface area contributed by atoms with Gasteiger partial charge >= 0.3 is 0 Å². The van der Waals surface area contributed by atoms with Gasteiger partial charge < -0.3 is 4.90 Å². The van der Waals surface area contributed by atoms with Gasteiger partial charge in [-0.05, 0) is 32.1 Å². The molecule has 1 amide bonds. The summed E-state index contributed by atoms with van der Waals surface area (Å²) in [7, 11) is 0. The third kappa shape index (κ3) is 10.5. The Morgan fingerprint density at radius 1 is 0.806 bits per heavy atom. The zero-order valence-corrected chi connectivity index (χ0v) is 21.5. The number of likely N-dealkylation sites (tertiary alicyclic amines) is 1. The summed E-state index contributed by atoms with van der Waals surface area (Å²) in [4.78, 5) is 16.7.